The molecular formula is C18H18ClNO3S. The lowest BCUT2D eigenvalue weighted by molar-refractivity contribution is 0.0735. The number of carbonyl (C=O) groups excluding carboxylic acids is 1. The Kier molecular flexibility index (Phi) is 4.65. The number of carbonyl (C=O) groups is 1. The summed E-state index contributed by atoms with van der Waals surface area (Å²) in [5, 5.41) is 0.134. The van der Waals surface area contributed by atoms with E-state index in [1.54, 1.807) is 6.07 Å². The lowest BCUT2D eigenvalue weighted by atomic mass is 10.0. The Bertz CT molecular complexity index is 865. The molecular weight excluding hydrogens is 346 g/mol. The van der Waals surface area contributed by atoms with Crippen LogP contribution in [0.2, 0.25) is 5.02 Å². The fourth-order valence-electron chi connectivity index (χ4n) is 3.12. The maximum Gasteiger partial charge on any atom is 0.254 e. The van der Waals surface area contributed by atoms with Crippen molar-refractivity contribution in [1.82, 2.24) is 4.90 Å². The van der Waals surface area contributed by atoms with Gasteiger partial charge < -0.3 is 4.90 Å². The molecule has 1 amide bonds. The number of sulfone groups is 1. The van der Waals surface area contributed by atoms with Gasteiger partial charge in [-0.1, -0.05) is 41.9 Å². The quantitative estimate of drug-likeness (QED) is 0.835. The number of hydrogen-bond acceptors (Lipinski definition) is 3. The Balaban J connectivity index is 1.94. The summed E-state index contributed by atoms with van der Waals surface area (Å²) < 4.78 is 23.7. The maximum atomic E-state index is 12.9. The zero-order valence-electron chi connectivity index (χ0n) is 13.3. The first-order valence-corrected chi connectivity index (χ1v) is 10.0. The fourth-order valence-corrected chi connectivity index (χ4v) is 4.42. The second kappa shape index (κ2) is 6.57. The van der Waals surface area contributed by atoms with Gasteiger partial charge >= 0.3 is 0 Å². The number of nitrogens with zero attached hydrogens (tertiary/aromatic N) is 1. The molecule has 4 nitrogen and oxygen atoms in total. The van der Waals surface area contributed by atoms with E-state index in [9.17, 15) is 13.2 Å². The van der Waals surface area contributed by atoms with Gasteiger partial charge in [0.2, 0.25) is 0 Å². The Hall–Kier alpha value is -1.85. The van der Waals surface area contributed by atoms with Crippen LogP contribution in [-0.4, -0.2) is 32.0 Å². The Morgan fingerprint density at radius 3 is 2.54 bits per heavy atom. The van der Waals surface area contributed by atoms with Gasteiger partial charge in [-0.3, -0.25) is 4.79 Å². The predicted molar refractivity (Wildman–Crippen MR) is 94.0 cm³/mol. The third-order valence-electron chi connectivity index (χ3n) is 4.28. The summed E-state index contributed by atoms with van der Waals surface area (Å²) in [5.41, 5.74) is 1.45. The number of amides is 1. The van der Waals surface area contributed by atoms with E-state index in [0.717, 1.165) is 24.7 Å². The van der Waals surface area contributed by atoms with Gasteiger partial charge in [0, 0.05) is 18.4 Å². The van der Waals surface area contributed by atoms with Crippen LogP contribution in [0.15, 0.2) is 53.4 Å². The number of hydrogen-bond donors (Lipinski definition) is 0. The van der Waals surface area contributed by atoms with E-state index in [1.165, 1.54) is 12.1 Å². The van der Waals surface area contributed by atoms with Crippen LogP contribution in [0, 0.1) is 0 Å². The van der Waals surface area contributed by atoms with E-state index in [2.05, 4.69) is 0 Å². The van der Waals surface area contributed by atoms with Crippen LogP contribution in [0.5, 0.6) is 0 Å². The largest absolute Gasteiger partial charge is 0.332 e. The fraction of sp³-hybridized carbons (Fsp3) is 0.278. The molecule has 0 N–H and O–H groups in total. The minimum atomic E-state index is -3.48. The van der Waals surface area contributed by atoms with E-state index in [1.807, 2.05) is 35.2 Å². The SMILES string of the molecule is CS(=O)(=O)c1cc(C(=O)N2CCC[C@H]2c2ccccc2)ccc1Cl. The van der Waals surface area contributed by atoms with Gasteiger partial charge in [0.15, 0.2) is 9.84 Å². The second-order valence-corrected chi connectivity index (χ2v) is 8.38. The summed E-state index contributed by atoms with van der Waals surface area (Å²) in [6.07, 6.45) is 2.92. The van der Waals surface area contributed by atoms with Gasteiger partial charge in [0.05, 0.1) is 16.0 Å². The summed E-state index contributed by atoms with van der Waals surface area (Å²) in [6, 6.07) is 14.3. The van der Waals surface area contributed by atoms with E-state index in [4.69, 9.17) is 11.6 Å². The first-order valence-electron chi connectivity index (χ1n) is 7.73. The summed E-state index contributed by atoms with van der Waals surface area (Å²) in [7, 11) is -3.48. The first-order chi connectivity index (χ1) is 11.4. The zero-order chi connectivity index (χ0) is 17.3. The predicted octanol–water partition coefficient (Wildman–Crippen LogP) is 3.72. The summed E-state index contributed by atoms with van der Waals surface area (Å²) in [5.74, 6) is -0.164. The van der Waals surface area contributed by atoms with Crippen molar-refractivity contribution >= 4 is 27.3 Å². The third-order valence-corrected chi connectivity index (χ3v) is 5.85. The number of rotatable bonds is 3. The van der Waals surface area contributed by atoms with Crippen molar-refractivity contribution in [2.24, 2.45) is 0 Å². The molecule has 1 aliphatic rings. The van der Waals surface area contributed by atoms with Crippen LogP contribution < -0.4 is 0 Å². The Labute approximate surface area is 147 Å². The molecule has 2 aromatic rings. The molecule has 6 heteroatoms. The van der Waals surface area contributed by atoms with Crippen molar-refractivity contribution in [2.75, 3.05) is 12.8 Å². The number of halogens is 1. The van der Waals surface area contributed by atoms with Crippen LogP contribution in [0.25, 0.3) is 0 Å². The molecule has 1 heterocycles. The molecule has 0 bridgehead atoms. The van der Waals surface area contributed by atoms with Crippen molar-refractivity contribution in [3.8, 4) is 0 Å². The van der Waals surface area contributed by atoms with Crippen LogP contribution in [0.4, 0.5) is 0 Å². The maximum absolute atomic E-state index is 12.9. The van der Waals surface area contributed by atoms with Gasteiger partial charge in [-0.25, -0.2) is 8.42 Å². The average molecular weight is 364 g/mol. The highest BCUT2D eigenvalue weighted by Gasteiger charge is 2.31. The van der Waals surface area contributed by atoms with Crippen molar-refractivity contribution in [2.45, 2.75) is 23.8 Å². The van der Waals surface area contributed by atoms with E-state index in [0.29, 0.717) is 12.1 Å². The molecule has 126 valence electrons. The van der Waals surface area contributed by atoms with Gasteiger partial charge in [-0.15, -0.1) is 0 Å². The molecule has 2 aromatic carbocycles. The monoisotopic (exact) mass is 363 g/mol. The van der Waals surface area contributed by atoms with Crippen molar-refractivity contribution in [3.63, 3.8) is 0 Å². The molecule has 0 aromatic heterocycles. The lowest BCUT2D eigenvalue weighted by Gasteiger charge is -2.25. The first kappa shape index (κ1) is 17.0. The zero-order valence-corrected chi connectivity index (χ0v) is 14.8. The van der Waals surface area contributed by atoms with Crippen molar-refractivity contribution in [3.05, 3.63) is 64.7 Å². The highest BCUT2D eigenvalue weighted by atomic mass is 35.5. The standard InChI is InChI=1S/C18H18ClNO3S/c1-24(22,23)17-12-14(9-10-15(17)19)18(21)20-11-5-8-16(20)13-6-3-2-4-7-13/h2-4,6-7,9-10,12,16H,5,8,11H2,1H3/t16-/m0/s1. The van der Waals surface area contributed by atoms with Crippen LogP contribution in [0.1, 0.15) is 34.8 Å². The lowest BCUT2D eigenvalue weighted by Crippen LogP contribution is -2.30. The average Bonchev–Trinajstić information content (AvgIpc) is 3.04. The third kappa shape index (κ3) is 3.32. The molecule has 3 rings (SSSR count). The molecule has 24 heavy (non-hydrogen) atoms. The van der Waals surface area contributed by atoms with Crippen LogP contribution >= 0.6 is 11.6 Å². The molecule has 0 unspecified atom stereocenters. The van der Waals surface area contributed by atoms with Crippen LogP contribution in [-0.2, 0) is 9.84 Å². The Morgan fingerprint density at radius 1 is 1.17 bits per heavy atom. The van der Waals surface area contributed by atoms with Crippen molar-refractivity contribution < 1.29 is 13.2 Å². The molecule has 1 saturated heterocycles. The van der Waals surface area contributed by atoms with Crippen LogP contribution in [0.3, 0.4) is 0 Å². The molecule has 1 atom stereocenters. The van der Waals surface area contributed by atoms with E-state index < -0.39 is 9.84 Å². The van der Waals surface area contributed by atoms with Gasteiger partial charge in [-0.05, 0) is 36.6 Å². The molecule has 1 fully saturated rings. The summed E-state index contributed by atoms with van der Waals surface area (Å²) >= 11 is 5.97. The number of likely N-dealkylation sites (tertiary alicyclic amines) is 1. The highest BCUT2D eigenvalue weighted by molar-refractivity contribution is 7.90. The molecule has 0 radical (unpaired) electrons. The second-order valence-electron chi connectivity index (χ2n) is 5.98. The molecule has 0 spiro atoms. The van der Waals surface area contributed by atoms with E-state index >= 15 is 0 Å². The summed E-state index contributed by atoms with van der Waals surface area (Å²) in [4.78, 5) is 14.7. The smallest absolute Gasteiger partial charge is 0.254 e. The molecule has 1 aliphatic heterocycles. The number of benzene rings is 2. The minimum Gasteiger partial charge on any atom is -0.332 e. The topological polar surface area (TPSA) is 54.5 Å². The highest BCUT2D eigenvalue weighted by Crippen LogP contribution is 2.33. The summed E-state index contributed by atoms with van der Waals surface area (Å²) in [6.45, 7) is 0.662. The molecule has 0 aliphatic carbocycles. The Morgan fingerprint density at radius 2 is 1.88 bits per heavy atom. The van der Waals surface area contributed by atoms with Gasteiger partial charge in [0.25, 0.3) is 5.91 Å². The van der Waals surface area contributed by atoms with Crippen molar-refractivity contribution in [1.29, 1.82) is 0 Å². The molecule has 0 saturated carbocycles. The normalized spacial score (nSPS) is 17.9. The minimum absolute atomic E-state index is 0.00882. The van der Waals surface area contributed by atoms with E-state index in [-0.39, 0.29) is 21.9 Å². The van der Waals surface area contributed by atoms with Gasteiger partial charge in [-0.2, -0.15) is 0 Å². The van der Waals surface area contributed by atoms with Gasteiger partial charge in [0.1, 0.15) is 0 Å².